The van der Waals surface area contributed by atoms with Gasteiger partial charge in [0.25, 0.3) is 0 Å². The van der Waals surface area contributed by atoms with Crippen molar-refractivity contribution in [1.82, 2.24) is 4.98 Å². The summed E-state index contributed by atoms with van der Waals surface area (Å²) < 4.78 is 0. The zero-order valence-electron chi connectivity index (χ0n) is 9.04. The lowest BCUT2D eigenvalue weighted by molar-refractivity contribution is 0.418. The molecule has 1 aromatic heterocycles. The SMILES string of the molecule is CCC(C)(C#N)Cc1cccc(C)n1. The highest BCUT2D eigenvalue weighted by molar-refractivity contribution is 5.14. The molecular weight excluding hydrogens is 172 g/mol. The molecule has 14 heavy (non-hydrogen) atoms. The van der Waals surface area contributed by atoms with Gasteiger partial charge in [-0.15, -0.1) is 0 Å². The maximum atomic E-state index is 9.04. The molecule has 0 amide bonds. The van der Waals surface area contributed by atoms with E-state index in [-0.39, 0.29) is 5.41 Å². The van der Waals surface area contributed by atoms with E-state index < -0.39 is 0 Å². The normalized spacial score (nSPS) is 14.4. The number of hydrogen-bond acceptors (Lipinski definition) is 2. The van der Waals surface area contributed by atoms with Crippen LogP contribution < -0.4 is 0 Å². The zero-order chi connectivity index (χ0) is 10.6. The molecule has 0 aliphatic heterocycles. The van der Waals surface area contributed by atoms with Crippen molar-refractivity contribution in [1.29, 1.82) is 5.26 Å². The summed E-state index contributed by atoms with van der Waals surface area (Å²) >= 11 is 0. The van der Waals surface area contributed by atoms with Gasteiger partial charge in [0.1, 0.15) is 0 Å². The molecule has 1 atom stereocenters. The molecule has 0 saturated carbocycles. The number of aromatic nitrogens is 1. The number of pyridine rings is 1. The minimum atomic E-state index is -0.277. The van der Waals surface area contributed by atoms with Gasteiger partial charge in [-0.25, -0.2) is 0 Å². The average Bonchev–Trinajstić information content (AvgIpc) is 2.18. The third-order valence-electron chi connectivity index (χ3n) is 2.57. The smallest absolute Gasteiger partial charge is 0.0690 e. The highest BCUT2D eigenvalue weighted by Gasteiger charge is 2.22. The molecule has 2 heteroatoms. The van der Waals surface area contributed by atoms with Crippen LogP contribution in [0.15, 0.2) is 18.2 Å². The molecule has 0 fully saturated rings. The van der Waals surface area contributed by atoms with Crippen LogP contribution in [0.1, 0.15) is 31.7 Å². The second-order valence-corrected chi connectivity index (χ2v) is 3.97. The van der Waals surface area contributed by atoms with Gasteiger partial charge < -0.3 is 0 Å². The van der Waals surface area contributed by atoms with Crippen molar-refractivity contribution in [3.63, 3.8) is 0 Å². The predicted molar refractivity (Wildman–Crippen MR) is 56.7 cm³/mol. The average molecular weight is 188 g/mol. The van der Waals surface area contributed by atoms with Gasteiger partial charge in [0.15, 0.2) is 0 Å². The van der Waals surface area contributed by atoms with Crippen molar-refractivity contribution in [2.75, 3.05) is 0 Å². The quantitative estimate of drug-likeness (QED) is 0.731. The van der Waals surface area contributed by atoms with E-state index >= 15 is 0 Å². The lowest BCUT2D eigenvalue weighted by Gasteiger charge is -2.18. The van der Waals surface area contributed by atoms with Crippen LogP contribution in [0.25, 0.3) is 0 Å². The number of nitrogens with zero attached hydrogens (tertiary/aromatic N) is 2. The lowest BCUT2D eigenvalue weighted by Crippen LogP contribution is -2.16. The summed E-state index contributed by atoms with van der Waals surface area (Å²) in [6.45, 7) is 6.00. The number of aryl methyl sites for hydroxylation is 1. The first-order valence-electron chi connectivity index (χ1n) is 4.93. The summed E-state index contributed by atoms with van der Waals surface area (Å²) in [4.78, 5) is 4.40. The highest BCUT2D eigenvalue weighted by Crippen LogP contribution is 2.24. The number of nitriles is 1. The molecule has 0 aliphatic rings. The summed E-state index contributed by atoms with van der Waals surface area (Å²) in [7, 11) is 0. The van der Waals surface area contributed by atoms with E-state index in [2.05, 4.69) is 11.1 Å². The van der Waals surface area contributed by atoms with Crippen LogP contribution in [0.3, 0.4) is 0 Å². The molecule has 1 rings (SSSR count). The first-order chi connectivity index (χ1) is 6.59. The Labute approximate surface area is 85.6 Å². The summed E-state index contributed by atoms with van der Waals surface area (Å²) in [5.41, 5.74) is 1.75. The van der Waals surface area contributed by atoms with Gasteiger partial charge in [0.2, 0.25) is 0 Å². The van der Waals surface area contributed by atoms with Gasteiger partial charge in [-0.2, -0.15) is 5.26 Å². The fourth-order valence-electron chi connectivity index (χ4n) is 1.34. The Balaban J connectivity index is 2.84. The fourth-order valence-corrected chi connectivity index (χ4v) is 1.34. The van der Waals surface area contributed by atoms with E-state index in [1.807, 2.05) is 39.0 Å². The Hall–Kier alpha value is -1.36. The van der Waals surface area contributed by atoms with Crippen molar-refractivity contribution in [3.8, 4) is 6.07 Å². The molecule has 0 saturated heterocycles. The molecule has 1 aromatic rings. The topological polar surface area (TPSA) is 36.7 Å². The van der Waals surface area contributed by atoms with E-state index in [9.17, 15) is 0 Å². The first-order valence-corrected chi connectivity index (χ1v) is 4.93. The molecule has 0 aliphatic carbocycles. The molecule has 74 valence electrons. The van der Waals surface area contributed by atoms with Crippen molar-refractivity contribution >= 4 is 0 Å². The van der Waals surface area contributed by atoms with Gasteiger partial charge in [-0.3, -0.25) is 4.98 Å². The highest BCUT2D eigenvalue weighted by atomic mass is 14.7. The third-order valence-corrected chi connectivity index (χ3v) is 2.57. The summed E-state index contributed by atoms with van der Waals surface area (Å²) in [6.07, 6.45) is 1.60. The van der Waals surface area contributed by atoms with Gasteiger partial charge in [-0.05, 0) is 32.4 Å². The van der Waals surface area contributed by atoms with E-state index in [1.165, 1.54) is 0 Å². The maximum Gasteiger partial charge on any atom is 0.0690 e. The van der Waals surface area contributed by atoms with Gasteiger partial charge in [0, 0.05) is 17.8 Å². The molecule has 0 N–H and O–H groups in total. The fraction of sp³-hybridized carbons (Fsp3) is 0.500. The van der Waals surface area contributed by atoms with Crippen LogP contribution in [0.4, 0.5) is 0 Å². The number of hydrogen-bond donors (Lipinski definition) is 0. The molecular formula is C12H16N2. The second kappa shape index (κ2) is 4.23. The number of rotatable bonds is 3. The Bertz CT molecular complexity index is 352. The minimum Gasteiger partial charge on any atom is -0.258 e. The molecule has 2 nitrogen and oxygen atoms in total. The minimum absolute atomic E-state index is 0.277. The van der Waals surface area contributed by atoms with Crippen LogP contribution >= 0.6 is 0 Å². The molecule has 0 aromatic carbocycles. The Morgan fingerprint density at radius 1 is 1.50 bits per heavy atom. The lowest BCUT2D eigenvalue weighted by atomic mass is 9.84. The molecule has 0 radical (unpaired) electrons. The van der Waals surface area contributed by atoms with Crippen LogP contribution in [-0.2, 0) is 6.42 Å². The van der Waals surface area contributed by atoms with Crippen molar-refractivity contribution in [3.05, 3.63) is 29.6 Å². The Kier molecular flexibility index (Phi) is 3.24. The van der Waals surface area contributed by atoms with Crippen molar-refractivity contribution < 1.29 is 0 Å². The monoisotopic (exact) mass is 188 g/mol. The zero-order valence-corrected chi connectivity index (χ0v) is 9.04. The first kappa shape index (κ1) is 10.7. The van der Waals surface area contributed by atoms with Crippen molar-refractivity contribution in [2.24, 2.45) is 5.41 Å². The summed E-state index contributed by atoms with van der Waals surface area (Å²) in [6, 6.07) is 8.30. The van der Waals surface area contributed by atoms with E-state index in [0.29, 0.717) is 0 Å². The third kappa shape index (κ3) is 2.56. The van der Waals surface area contributed by atoms with E-state index in [1.54, 1.807) is 0 Å². The second-order valence-electron chi connectivity index (χ2n) is 3.97. The molecule has 0 bridgehead atoms. The van der Waals surface area contributed by atoms with Crippen molar-refractivity contribution in [2.45, 2.75) is 33.6 Å². The predicted octanol–water partition coefficient (Wildman–Crippen LogP) is 2.87. The van der Waals surface area contributed by atoms with Gasteiger partial charge >= 0.3 is 0 Å². The molecule has 1 unspecified atom stereocenters. The van der Waals surface area contributed by atoms with E-state index in [4.69, 9.17) is 5.26 Å². The van der Waals surface area contributed by atoms with Gasteiger partial charge in [-0.1, -0.05) is 13.0 Å². The molecule has 0 spiro atoms. The van der Waals surface area contributed by atoms with Crippen LogP contribution in [0.5, 0.6) is 0 Å². The van der Waals surface area contributed by atoms with Crippen LogP contribution in [0.2, 0.25) is 0 Å². The van der Waals surface area contributed by atoms with E-state index in [0.717, 1.165) is 24.2 Å². The Morgan fingerprint density at radius 3 is 2.71 bits per heavy atom. The Morgan fingerprint density at radius 2 is 2.21 bits per heavy atom. The van der Waals surface area contributed by atoms with Crippen LogP contribution in [0, 0.1) is 23.7 Å². The largest absolute Gasteiger partial charge is 0.258 e. The summed E-state index contributed by atoms with van der Waals surface area (Å²) in [5, 5.41) is 9.04. The maximum absolute atomic E-state index is 9.04. The standard InChI is InChI=1S/C12H16N2/c1-4-12(3,9-13)8-11-7-5-6-10(2)14-11/h5-7H,4,8H2,1-3H3. The molecule has 1 heterocycles. The summed E-state index contributed by atoms with van der Waals surface area (Å²) in [5.74, 6) is 0. The van der Waals surface area contributed by atoms with Gasteiger partial charge in [0.05, 0.1) is 11.5 Å². The van der Waals surface area contributed by atoms with Crippen LogP contribution in [-0.4, -0.2) is 4.98 Å².